The maximum Gasteiger partial charge on any atom is 0.176 e. The van der Waals surface area contributed by atoms with Crippen molar-refractivity contribution in [3.8, 4) is 0 Å². The SMILES string of the molecule is O=CC(Cl)(Cl)Cc1ccc(Cl)cc1. The van der Waals surface area contributed by atoms with Crippen LogP contribution in [0.1, 0.15) is 5.56 Å². The van der Waals surface area contributed by atoms with Crippen molar-refractivity contribution in [3.05, 3.63) is 34.9 Å². The predicted molar refractivity (Wildman–Crippen MR) is 55.7 cm³/mol. The fraction of sp³-hybridized carbons (Fsp3) is 0.222. The van der Waals surface area contributed by atoms with E-state index in [-0.39, 0.29) is 6.42 Å². The van der Waals surface area contributed by atoms with E-state index in [2.05, 4.69) is 0 Å². The van der Waals surface area contributed by atoms with Crippen LogP contribution in [0.2, 0.25) is 5.02 Å². The van der Waals surface area contributed by atoms with Gasteiger partial charge in [-0.05, 0) is 17.7 Å². The number of aldehydes is 1. The van der Waals surface area contributed by atoms with Gasteiger partial charge in [-0.1, -0.05) is 46.9 Å². The van der Waals surface area contributed by atoms with Crippen LogP contribution in [0.15, 0.2) is 24.3 Å². The number of halogens is 3. The van der Waals surface area contributed by atoms with Crippen LogP contribution in [0.25, 0.3) is 0 Å². The van der Waals surface area contributed by atoms with Gasteiger partial charge in [0.25, 0.3) is 0 Å². The average Bonchev–Trinajstić information content (AvgIpc) is 2.09. The molecule has 0 bridgehead atoms. The van der Waals surface area contributed by atoms with Crippen molar-refractivity contribution in [2.75, 3.05) is 0 Å². The summed E-state index contributed by atoms with van der Waals surface area (Å²) in [5, 5.41) is 0.643. The number of rotatable bonds is 3. The fourth-order valence-electron chi connectivity index (χ4n) is 0.916. The summed E-state index contributed by atoms with van der Waals surface area (Å²) >= 11 is 17.0. The Morgan fingerprint density at radius 3 is 2.23 bits per heavy atom. The number of benzene rings is 1. The Kier molecular flexibility index (Phi) is 3.60. The molecule has 0 fully saturated rings. The van der Waals surface area contributed by atoms with E-state index < -0.39 is 4.33 Å². The highest BCUT2D eigenvalue weighted by atomic mass is 35.5. The number of carbonyl (C=O) groups is 1. The number of alkyl halides is 2. The van der Waals surface area contributed by atoms with Crippen molar-refractivity contribution in [2.45, 2.75) is 10.8 Å². The molecule has 0 amide bonds. The Morgan fingerprint density at radius 1 is 1.23 bits per heavy atom. The second-order valence-electron chi connectivity index (χ2n) is 2.68. The molecule has 0 radical (unpaired) electrons. The molecule has 1 rings (SSSR count). The van der Waals surface area contributed by atoms with Crippen LogP contribution < -0.4 is 0 Å². The molecule has 70 valence electrons. The van der Waals surface area contributed by atoms with Gasteiger partial charge in [0.15, 0.2) is 10.6 Å². The van der Waals surface area contributed by atoms with Gasteiger partial charge in [-0.2, -0.15) is 0 Å². The Hall–Kier alpha value is -0.240. The van der Waals surface area contributed by atoms with Gasteiger partial charge in [0.2, 0.25) is 0 Å². The second kappa shape index (κ2) is 4.32. The van der Waals surface area contributed by atoms with Crippen LogP contribution in [-0.2, 0) is 11.2 Å². The molecule has 0 saturated heterocycles. The highest BCUT2D eigenvalue weighted by molar-refractivity contribution is 6.55. The molecule has 0 N–H and O–H groups in total. The molecular formula is C9H7Cl3O. The van der Waals surface area contributed by atoms with Crippen molar-refractivity contribution < 1.29 is 4.79 Å². The van der Waals surface area contributed by atoms with Crippen molar-refractivity contribution >= 4 is 41.1 Å². The first-order valence-corrected chi connectivity index (χ1v) is 4.75. The van der Waals surface area contributed by atoms with E-state index in [0.29, 0.717) is 11.3 Å². The Morgan fingerprint density at radius 2 is 1.77 bits per heavy atom. The van der Waals surface area contributed by atoms with E-state index in [0.717, 1.165) is 5.56 Å². The van der Waals surface area contributed by atoms with Gasteiger partial charge in [0.05, 0.1) is 0 Å². The molecule has 13 heavy (non-hydrogen) atoms. The van der Waals surface area contributed by atoms with Crippen LogP contribution >= 0.6 is 34.8 Å². The molecular weight excluding hydrogens is 230 g/mol. The van der Waals surface area contributed by atoms with Gasteiger partial charge < -0.3 is 0 Å². The summed E-state index contributed by atoms with van der Waals surface area (Å²) in [7, 11) is 0. The lowest BCUT2D eigenvalue weighted by atomic mass is 10.1. The third-order valence-electron chi connectivity index (χ3n) is 1.53. The van der Waals surface area contributed by atoms with Gasteiger partial charge in [0, 0.05) is 11.4 Å². The lowest BCUT2D eigenvalue weighted by molar-refractivity contribution is -0.108. The Balaban J connectivity index is 2.75. The van der Waals surface area contributed by atoms with E-state index >= 15 is 0 Å². The number of hydrogen-bond donors (Lipinski definition) is 0. The van der Waals surface area contributed by atoms with Gasteiger partial charge in [-0.3, -0.25) is 4.79 Å². The zero-order valence-corrected chi connectivity index (χ0v) is 8.90. The average molecular weight is 238 g/mol. The first-order valence-electron chi connectivity index (χ1n) is 3.62. The predicted octanol–water partition coefficient (Wildman–Crippen LogP) is 3.26. The summed E-state index contributed by atoms with van der Waals surface area (Å²) in [4.78, 5) is 10.4. The lowest BCUT2D eigenvalue weighted by Gasteiger charge is -2.10. The van der Waals surface area contributed by atoms with Crippen LogP contribution in [-0.4, -0.2) is 10.6 Å². The third-order valence-corrected chi connectivity index (χ3v) is 2.22. The summed E-state index contributed by atoms with van der Waals surface area (Å²) in [6.45, 7) is 0. The standard InChI is InChI=1S/C9H7Cl3O/c10-8-3-1-7(2-4-8)5-9(11,12)6-13/h1-4,6H,5H2. The molecule has 0 unspecified atom stereocenters. The van der Waals surface area contributed by atoms with Crippen molar-refractivity contribution in [2.24, 2.45) is 0 Å². The minimum atomic E-state index is -1.34. The highest BCUT2D eigenvalue weighted by Gasteiger charge is 2.22. The van der Waals surface area contributed by atoms with Crippen LogP contribution in [0.3, 0.4) is 0 Å². The monoisotopic (exact) mass is 236 g/mol. The maximum absolute atomic E-state index is 10.4. The van der Waals surface area contributed by atoms with E-state index in [9.17, 15) is 4.79 Å². The van der Waals surface area contributed by atoms with Crippen LogP contribution in [0.5, 0.6) is 0 Å². The molecule has 1 aromatic rings. The Labute approximate surface area is 91.6 Å². The van der Waals surface area contributed by atoms with Gasteiger partial charge >= 0.3 is 0 Å². The molecule has 0 spiro atoms. The van der Waals surface area contributed by atoms with Crippen LogP contribution in [0.4, 0.5) is 0 Å². The normalized spacial score (nSPS) is 11.3. The fourth-order valence-corrected chi connectivity index (χ4v) is 1.35. The third kappa shape index (κ3) is 3.55. The first kappa shape index (κ1) is 10.8. The second-order valence-corrected chi connectivity index (χ2v) is 4.66. The molecule has 0 aliphatic rings. The van der Waals surface area contributed by atoms with Gasteiger partial charge in [-0.15, -0.1) is 0 Å². The molecule has 0 atom stereocenters. The molecule has 0 heterocycles. The number of carbonyl (C=O) groups excluding carboxylic acids is 1. The minimum Gasteiger partial charge on any atom is -0.300 e. The molecule has 0 saturated carbocycles. The zero-order valence-electron chi connectivity index (χ0n) is 6.64. The minimum absolute atomic E-state index is 0.288. The molecule has 0 aliphatic heterocycles. The van der Waals surface area contributed by atoms with Gasteiger partial charge in [0.1, 0.15) is 0 Å². The molecule has 0 aliphatic carbocycles. The first-order chi connectivity index (χ1) is 6.03. The summed E-state index contributed by atoms with van der Waals surface area (Å²) in [5.74, 6) is 0. The largest absolute Gasteiger partial charge is 0.300 e. The quantitative estimate of drug-likeness (QED) is 0.582. The van der Waals surface area contributed by atoms with Crippen LogP contribution in [0, 0.1) is 0 Å². The van der Waals surface area contributed by atoms with Crippen molar-refractivity contribution in [1.29, 1.82) is 0 Å². The molecule has 0 aromatic heterocycles. The lowest BCUT2D eigenvalue weighted by Crippen LogP contribution is -2.17. The van der Waals surface area contributed by atoms with E-state index in [1.54, 1.807) is 24.3 Å². The molecule has 1 aromatic carbocycles. The van der Waals surface area contributed by atoms with Gasteiger partial charge in [-0.25, -0.2) is 0 Å². The van der Waals surface area contributed by atoms with E-state index in [1.807, 2.05) is 0 Å². The summed E-state index contributed by atoms with van der Waals surface area (Å²) in [5.41, 5.74) is 0.876. The molecule has 4 heteroatoms. The van der Waals surface area contributed by atoms with Crippen molar-refractivity contribution in [3.63, 3.8) is 0 Å². The van der Waals surface area contributed by atoms with Crippen molar-refractivity contribution in [1.82, 2.24) is 0 Å². The summed E-state index contributed by atoms with van der Waals surface area (Å²) < 4.78 is -1.34. The zero-order chi connectivity index (χ0) is 9.90. The Bertz CT molecular complexity index is 292. The van der Waals surface area contributed by atoms with E-state index in [1.165, 1.54) is 0 Å². The highest BCUT2D eigenvalue weighted by Crippen LogP contribution is 2.24. The number of hydrogen-bond acceptors (Lipinski definition) is 1. The summed E-state index contributed by atoms with van der Waals surface area (Å²) in [6, 6.07) is 7.02. The van der Waals surface area contributed by atoms with E-state index in [4.69, 9.17) is 34.8 Å². The topological polar surface area (TPSA) is 17.1 Å². The molecule has 1 nitrogen and oxygen atoms in total. The maximum atomic E-state index is 10.4. The summed E-state index contributed by atoms with van der Waals surface area (Å²) in [6.07, 6.45) is 0.807. The smallest absolute Gasteiger partial charge is 0.176 e.